The van der Waals surface area contributed by atoms with Gasteiger partial charge in [0.1, 0.15) is 0 Å². The molecule has 1 rings (SSSR count). The Morgan fingerprint density at radius 3 is 2.92 bits per heavy atom. The second-order valence-corrected chi connectivity index (χ2v) is 2.82. The molecule has 1 aromatic heterocycles. The molecule has 3 nitrogen and oxygen atoms in total. The summed E-state index contributed by atoms with van der Waals surface area (Å²) in [7, 11) is 0. The van der Waals surface area contributed by atoms with Crippen LogP contribution in [0.4, 0.5) is 0 Å². The van der Waals surface area contributed by atoms with Crippen LogP contribution in [0.5, 0.6) is 0 Å². The van der Waals surface area contributed by atoms with Crippen molar-refractivity contribution in [1.29, 1.82) is 0 Å². The van der Waals surface area contributed by atoms with Crippen LogP contribution in [-0.4, -0.2) is 11.5 Å². The summed E-state index contributed by atoms with van der Waals surface area (Å²) in [5, 5.41) is 0. The summed E-state index contributed by atoms with van der Waals surface area (Å²) in [6.07, 6.45) is 5.46. The van der Waals surface area contributed by atoms with Gasteiger partial charge in [-0.25, -0.2) is 0 Å². The number of aromatic nitrogens is 1. The van der Waals surface area contributed by atoms with Crippen molar-refractivity contribution in [2.45, 2.75) is 18.9 Å². The molecule has 1 aromatic rings. The van der Waals surface area contributed by atoms with Gasteiger partial charge in [-0.15, -0.1) is 0 Å². The van der Waals surface area contributed by atoms with E-state index in [1.165, 1.54) is 0 Å². The van der Waals surface area contributed by atoms with Crippen molar-refractivity contribution in [3.05, 3.63) is 30.1 Å². The second kappa shape index (κ2) is 4.85. The standard InChI is InChI=1S/C9H15N3/c10-5-1-4-9(11)8-3-2-6-12-7-8/h2-3,6-7,9H,1,4-5,10-11H2/t9-/m1/s1. The molecule has 0 aliphatic carbocycles. The Morgan fingerprint density at radius 1 is 1.50 bits per heavy atom. The third-order valence-electron chi connectivity index (χ3n) is 1.83. The van der Waals surface area contributed by atoms with E-state index < -0.39 is 0 Å². The highest BCUT2D eigenvalue weighted by atomic mass is 14.7. The van der Waals surface area contributed by atoms with Gasteiger partial charge in [-0.2, -0.15) is 0 Å². The molecule has 1 heterocycles. The Kier molecular flexibility index (Phi) is 3.70. The van der Waals surface area contributed by atoms with E-state index in [0.29, 0.717) is 6.54 Å². The zero-order chi connectivity index (χ0) is 8.81. The molecule has 12 heavy (non-hydrogen) atoms. The van der Waals surface area contributed by atoms with Crippen molar-refractivity contribution in [2.24, 2.45) is 11.5 Å². The van der Waals surface area contributed by atoms with Crippen LogP contribution < -0.4 is 11.5 Å². The van der Waals surface area contributed by atoms with Crippen molar-refractivity contribution < 1.29 is 0 Å². The number of hydrogen-bond donors (Lipinski definition) is 2. The number of hydrogen-bond acceptors (Lipinski definition) is 3. The number of rotatable bonds is 4. The van der Waals surface area contributed by atoms with Crippen molar-refractivity contribution in [1.82, 2.24) is 4.98 Å². The van der Waals surface area contributed by atoms with Gasteiger partial charge < -0.3 is 11.5 Å². The molecular weight excluding hydrogens is 150 g/mol. The monoisotopic (exact) mass is 165 g/mol. The van der Waals surface area contributed by atoms with Crippen LogP contribution in [0.15, 0.2) is 24.5 Å². The fourth-order valence-corrected chi connectivity index (χ4v) is 1.10. The molecule has 3 heteroatoms. The fourth-order valence-electron chi connectivity index (χ4n) is 1.10. The maximum absolute atomic E-state index is 5.89. The fraction of sp³-hybridized carbons (Fsp3) is 0.444. The lowest BCUT2D eigenvalue weighted by atomic mass is 10.1. The van der Waals surface area contributed by atoms with Gasteiger partial charge in [0.25, 0.3) is 0 Å². The third kappa shape index (κ3) is 2.60. The lowest BCUT2D eigenvalue weighted by Crippen LogP contribution is -2.12. The molecule has 4 N–H and O–H groups in total. The molecular formula is C9H15N3. The lowest BCUT2D eigenvalue weighted by Gasteiger charge is -2.09. The van der Waals surface area contributed by atoms with Gasteiger partial charge in [0.05, 0.1) is 0 Å². The summed E-state index contributed by atoms with van der Waals surface area (Å²) in [4.78, 5) is 4.00. The molecule has 0 aromatic carbocycles. The van der Waals surface area contributed by atoms with Crippen molar-refractivity contribution in [3.8, 4) is 0 Å². The van der Waals surface area contributed by atoms with Gasteiger partial charge in [0.2, 0.25) is 0 Å². The number of pyridine rings is 1. The van der Waals surface area contributed by atoms with Crippen LogP contribution in [0.2, 0.25) is 0 Å². The highest BCUT2D eigenvalue weighted by Gasteiger charge is 2.03. The van der Waals surface area contributed by atoms with Gasteiger partial charge in [-0.05, 0) is 31.0 Å². The zero-order valence-electron chi connectivity index (χ0n) is 7.11. The Labute approximate surface area is 72.8 Å². The summed E-state index contributed by atoms with van der Waals surface area (Å²) in [5.41, 5.74) is 12.4. The molecule has 0 amide bonds. The summed E-state index contributed by atoms with van der Waals surface area (Å²) in [5.74, 6) is 0. The first-order valence-electron chi connectivity index (χ1n) is 4.20. The Balaban J connectivity index is 2.48. The smallest absolute Gasteiger partial charge is 0.0315 e. The van der Waals surface area contributed by atoms with E-state index in [4.69, 9.17) is 11.5 Å². The van der Waals surface area contributed by atoms with Gasteiger partial charge >= 0.3 is 0 Å². The largest absolute Gasteiger partial charge is 0.330 e. The number of nitrogens with two attached hydrogens (primary N) is 2. The molecule has 0 saturated heterocycles. The molecule has 0 aliphatic rings. The molecule has 0 spiro atoms. The maximum atomic E-state index is 5.89. The minimum Gasteiger partial charge on any atom is -0.330 e. The summed E-state index contributed by atoms with van der Waals surface area (Å²) >= 11 is 0. The van der Waals surface area contributed by atoms with E-state index in [9.17, 15) is 0 Å². The Hall–Kier alpha value is -0.930. The first-order chi connectivity index (χ1) is 5.84. The predicted octanol–water partition coefficient (Wildman–Crippen LogP) is 0.820. The second-order valence-electron chi connectivity index (χ2n) is 2.82. The topological polar surface area (TPSA) is 64.9 Å². The average molecular weight is 165 g/mol. The summed E-state index contributed by atoms with van der Waals surface area (Å²) < 4.78 is 0. The maximum Gasteiger partial charge on any atom is 0.0315 e. The van der Waals surface area contributed by atoms with Crippen molar-refractivity contribution >= 4 is 0 Å². The molecule has 0 radical (unpaired) electrons. The van der Waals surface area contributed by atoms with E-state index in [-0.39, 0.29) is 6.04 Å². The first kappa shape index (κ1) is 9.16. The predicted molar refractivity (Wildman–Crippen MR) is 49.5 cm³/mol. The first-order valence-corrected chi connectivity index (χ1v) is 4.20. The molecule has 0 fully saturated rings. The highest BCUT2D eigenvalue weighted by molar-refractivity contribution is 5.12. The lowest BCUT2D eigenvalue weighted by molar-refractivity contribution is 0.616. The summed E-state index contributed by atoms with van der Waals surface area (Å²) in [6.45, 7) is 0.702. The molecule has 0 aliphatic heterocycles. The normalized spacial score (nSPS) is 12.8. The quantitative estimate of drug-likeness (QED) is 0.694. The molecule has 0 bridgehead atoms. The molecule has 0 unspecified atom stereocenters. The third-order valence-corrected chi connectivity index (χ3v) is 1.83. The van der Waals surface area contributed by atoms with Gasteiger partial charge in [0.15, 0.2) is 0 Å². The van der Waals surface area contributed by atoms with Gasteiger partial charge in [-0.1, -0.05) is 6.07 Å². The van der Waals surface area contributed by atoms with E-state index in [1.54, 1.807) is 12.4 Å². The van der Waals surface area contributed by atoms with Crippen LogP contribution in [0.1, 0.15) is 24.4 Å². The SMILES string of the molecule is NCCC[C@@H](N)c1cccnc1. The zero-order valence-corrected chi connectivity index (χ0v) is 7.11. The Morgan fingerprint density at radius 2 is 2.33 bits per heavy atom. The van der Waals surface area contributed by atoms with E-state index >= 15 is 0 Å². The molecule has 1 atom stereocenters. The Bertz CT molecular complexity index is 210. The molecule has 0 saturated carbocycles. The number of nitrogens with zero attached hydrogens (tertiary/aromatic N) is 1. The van der Waals surface area contributed by atoms with Crippen LogP contribution in [0.25, 0.3) is 0 Å². The summed E-state index contributed by atoms with van der Waals surface area (Å²) in [6, 6.07) is 3.98. The van der Waals surface area contributed by atoms with Gasteiger partial charge in [-0.3, -0.25) is 4.98 Å². The van der Waals surface area contributed by atoms with E-state index in [0.717, 1.165) is 18.4 Å². The van der Waals surface area contributed by atoms with Crippen LogP contribution in [0, 0.1) is 0 Å². The van der Waals surface area contributed by atoms with Crippen molar-refractivity contribution in [2.75, 3.05) is 6.54 Å². The molecule has 66 valence electrons. The van der Waals surface area contributed by atoms with Crippen molar-refractivity contribution in [3.63, 3.8) is 0 Å². The van der Waals surface area contributed by atoms with Gasteiger partial charge in [0, 0.05) is 18.4 Å². The average Bonchev–Trinajstić information content (AvgIpc) is 2.15. The van der Waals surface area contributed by atoms with Crippen LogP contribution >= 0.6 is 0 Å². The van der Waals surface area contributed by atoms with Crippen LogP contribution in [-0.2, 0) is 0 Å². The van der Waals surface area contributed by atoms with E-state index in [2.05, 4.69) is 4.98 Å². The minimum atomic E-state index is 0.0854. The van der Waals surface area contributed by atoms with Crippen LogP contribution in [0.3, 0.4) is 0 Å². The highest BCUT2D eigenvalue weighted by Crippen LogP contribution is 2.12. The minimum absolute atomic E-state index is 0.0854. The van der Waals surface area contributed by atoms with E-state index in [1.807, 2.05) is 12.1 Å².